The summed E-state index contributed by atoms with van der Waals surface area (Å²) in [6, 6.07) is 0. The van der Waals surface area contributed by atoms with Gasteiger partial charge in [0, 0.05) is 13.1 Å². The molecular formula is C8H15NO2S. The van der Waals surface area contributed by atoms with E-state index in [4.69, 9.17) is 17.0 Å². The van der Waals surface area contributed by atoms with Crippen LogP contribution in [-0.4, -0.2) is 35.6 Å². The van der Waals surface area contributed by atoms with Crippen LogP contribution in [0, 0.1) is 0 Å². The molecular weight excluding hydrogens is 174 g/mol. The Morgan fingerprint density at radius 3 is 2.25 bits per heavy atom. The largest absolute Gasteiger partial charge is 0.463 e. The van der Waals surface area contributed by atoms with Crippen molar-refractivity contribution in [2.75, 3.05) is 19.7 Å². The molecule has 0 heterocycles. The number of carbonyl (C=O) groups excluding carboxylic acids is 1. The van der Waals surface area contributed by atoms with E-state index >= 15 is 0 Å². The Kier molecular flexibility index (Phi) is 5.62. The van der Waals surface area contributed by atoms with Gasteiger partial charge in [0.25, 0.3) is 5.17 Å². The summed E-state index contributed by atoms with van der Waals surface area (Å²) in [5, 5.41) is 0.412. The summed E-state index contributed by atoms with van der Waals surface area (Å²) in [6.45, 7) is 7.17. The third-order valence-corrected chi connectivity index (χ3v) is 1.80. The predicted molar refractivity (Wildman–Crippen MR) is 52.2 cm³/mol. The number of nitrogens with zero attached hydrogens (tertiary/aromatic N) is 1. The summed E-state index contributed by atoms with van der Waals surface area (Å²) >= 11 is 4.94. The van der Waals surface area contributed by atoms with Crippen LogP contribution in [0.5, 0.6) is 0 Å². The zero-order valence-electron chi connectivity index (χ0n) is 7.79. The summed E-state index contributed by atoms with van der Waals surface area (Å²) in [6.07, 6.45) is 0. The highest BCUT2D eigenvalue weighted by Gasteiger charge is 2.06. The number of hydrogen-bond acceptors (Lipinski definition) is 3. The quantitative estimate of drug-likeness (QED) is 0.622. The molecule has 12 heavy (non-hydrogen) atoms. The second-order valence-corrected chi connectivity index (χ2v) is 2.78. The van der Waals surface area contributed by atoms with Gasteiger partial charge in [-0.2, -0.15) is 0 Å². The Morgan fingerprint density at radius 2 is 1.92 bits per heavy atom. The van der Waals surface area contributed by atoms with Gasteiger partial charge < -0.3 is 9.64 Å². The van der Waals surface area contributed by atoms with Crippen molar-refractivity contribution in [2.24, 2.45) is 0 Å². The smallest absolute Gasteiger partial charge is 0.259 e. The number of hydrogen-bond donors (Lipinski definition) is 0. The van der Waals surface area contributed by atoms with E-state index in [1.165, 1.54) is 6.92 Å². The number of rotatable bonds is 4. The van der Waals surface area contributed by atoms with Crippen molar-refractivity contribution in [3.8, 4) is 0 Å². The van der Waals surface area contributed by atoms with E-state index in [-0.39, 0.29) is 12.4 Å². The summed E-state index contributed by atoms with van der Waals surface area (Å²) in [4.78, 5) is 12.4. The highest BCUT2D eigenvalue weighted by atomic mass is 32.1. The summed E-state index contributed by atoms with van der Waals surface area (Å²) in [7, 11) is 0. The molecule has 0 aliphatic rings. The fourth-order valence-electron chi connectivity index (χ4n) is 0.736. The van der Waals surface area contributed by atoms with E-state index < -0.39 is 0 Å². The van der Waals surface area contributed by atoms with E-state index in [1.807, 2.05) is 18.7 Å². The van der Waals surface area contributed by atoms with Gasteiger partial charge in [0.15, 0.2) is 5.78 Å². The van der Waals surface area contributed by atoms with Gasteiger partial charge in [-0.25, -0.2) is 0 Å². The van der Waals surface area contributed by atoms with Crippen LogP contribution in [0.2, 0.25) is 0 Å². The van der Waals surface area contributed by atoms with E-state index in [9.17, 15) is 4.79 Å². The Balaban J connectivity index is 3.77. The Bertz CT molecular complexity index is 166. The Hall–Kier alpha value is -0.640. The normalized spacial score (nSPS) is 9.25. The molecule has 0 bridgehead atoms. The molecule has 4 heteroatoms. The van der Waals surface area contributed by atoms with E-state index in [2.05, 4.69) is 0 Å². The van der Waals surface area contributed by atoms with Crippen LogP contribution in [0.15, 0.2) is 0 Å². The van der Waals surface area contributed by atoms with Crippen molar-refractivity contribution in [1.82, 2.24) is 4.90 Å². The molecule has 0 N–H and O–H groups in total. The van der Waals surface area contributed by atoms with Crippen molar-refractivity contribution >= 4 is 23.2 Å². The van der Waals surface area contributed by atoms with Gasteiger partial charge in [0.05, 0.1) is 0 Å². The van der Waals surface area contributed by atoms with Crippen LogP contribution in [0.1, 0.15) is 20.8 Å². The number of carbonyl (C=O) groups is 1. The first-order chi connectivity index (χ1) is 5.61. The molecule has 0 saturated carbocycles. The van der Waals surface area contributed by atoms with Crippen LogP contribution in [-0.2, 0) is 9.53 Å². The number of thiocarbonyl (C=S) groups is 1. The molecule has 0 amide bonds. The SMILES string of the molecule is CCN(CC)C(=S)OCC(C)=O. The predicted octanol–water partition coefficient (Wildman–Crippen LogP) is 1.22. The van der Waals surface area contributed by atoms with Gasteiger partial charge in [0.2, 0.25) is 0 Å². The first kappa shape index (κ1) is 11.4. The molecule has 0 aromatic rings. The van der Waals surface area contributed by atoms with Crippen molar-refractivity contribution < 1.29 is 9.53 Å². The lowest BCUT2D eigenvalue weighted by Gasteiger charge is -2.20. The molecule has 0 aromatic heterocycles. The highest BCUT2D eigenvalue weighted by Crippen LogP contribution is 1.93. The third kappa shape index (κ3) is 4.28. The minimum Gasteiger partial charge on any atom is -0.463 e. The van der Waals surface area contributed by atoms with Crippen LogP contribution >= 0.6 is 12.2 Å². The molecule has 0 aliphatic heterocycles. The van der Waals surface area contributed by atoms with Gasteiger partial charge in [-0.3, -0.25) is 4.79 Å². The molecule has 0 saturated heterocycles. The van der Waals surface area contributed by atoms with Gasteiger partial charge in [-0.05, 0) is 33.0 Å². The maximum Gasteiger partial charge on any atom is 0.259 e. The van der Waals surface area contributed by atoms with Gasteiger partial charge >= 0.3 is 0 Å². The van der Waals surface area contributed by atoms with Crippen LogP contribution in [0.4, 0.5) is 0 Å². The van der Waals surface area contributed by atoms with Crippen molar-refractivity contribution in [2.45, 2.75) is 20.8 Å². The number of ketones is 1. The van der Waals surface area contributed by atoms with Crippen LogP contribution < -0.4 is 0 Å². The van der Waals surface area contributed by atoms with Gasteiger partial charge in [-0.1, -0.05) is 0 Å². The molecule has 70 valence electrons. The fourth-order valence-corrected chi connectivity index (χ4v) is 1.05. The second-order valence-electron chi connectivity index (χ2n) is 2.43. The summed E-state index contributed by atoms with van der Waals surface area (Å²) in [5.74, 6) is -0.00972. The number of Topliss-reactive ketones (excluding diaryl/α,β-unsaturated/α-hetero) is 1. The second kappa shape index (κ2) is 5.94. The summed E-state index contributed by atoms with van der Waals surface area (Å²) in [5.41, 5.74) is 0. The van der Waals surface area contributed by atoms with Crippen LogP contribution in [0.3, 0.4) is 0 Å². The standard InChI is InChI=1S/C8H15NO2S/c1-4-9(5-2)8(12)11-6-7(3)10/h4-6H2,1-3H3. The third-order valence-electron chi connectivity index (χ3n) is 1.42. The first-order valence-electron chi connectivity index (χ1n) is 4.02. The Labute approximate surface area is 78.7 Å². The molecule has 0 spiro atoms. The number of ether oxygens (including phenoxy) is 1. The van der Waals surface area contributed by atoms with E-state index in [0.29, 0.717) is 5.17 Å². The minimum atomic E-state index is -0.00972. The maximum atomic E-state index is 10.5. The molecule has 0 radical (unpaired) electrons. The lowest BCUT2D eigenvalue weighted by Crippen LogP contribution is -2.31. The molecule has 0 fully saturated rings. The zero-order chi connectivity index (χ0) is 9.56. The molecule has 0 rings (SSSR count). The summed E-state index contributed by atoms with van der Waals surface area (Å²) < 4.78 is 5.06. The van der Waals surface area contributed by atoms with Crippen molar-refractivity contribution in [3.63, 3.8) is 0 Å². The fraction of sp³-hybridized carbons (Fsp3) is 0.750. The lowest BCUT2D eigenvalue weighted by molar-refractivity contribution is -0.119. The minimum absolute atomic E-state index is 0.00972. The Morgan fingerprint density at radius 1 is 1.42 bits per heavy atom. The molecule has 0 atom stereocenters. The first-order valence-corrected chi connectivity index (χ1v) is 4.43. The molecule has 0 aromatic carbocycles. The van der Waals surface area contributed by atoms with E-state index in [0.717, 1.165) is 13.1 Å². The maximum absolute atomic E-state index is 10.5. The van der Waals surface area contributed by atoms with Gasteiger partial charge in [0.1, 0.15) is 6.61 Å². The van der Waals surface area contributed by atoms with E-state index in [1.54, 1.807) is 0 Å². The molecule has 0 unspecified atom stereocenters. The molecule has 0 aliphatic carbocycles. The topological polar surface area (TPSA) is 29.5 Å². The molecule has 3 nitrogen and oxygen atoms in total. The average Bonchev–Trinajstić information content (AvgIpc) is 2.03. The lowest BCUT2D eigenvalue weighted by atomic mass is 10.5. The van der Waals surface area contributed by atoms with Gasteiger partial charge in [-0.15, -0.1) is 0 Å². The zero-order valence-corrected chi connectivity index (χ0v) is 8.61. The average molecular weight is 189 g/mol. The van der Waals surface area contributed by atoms with Crippen molar-refractivity contribution in [3.05, 3.63) is 0 Å². The van der Waals surface area contributed by atoms with Crippen LogP contribution in [0.25, 0.3) is 0 Å². The highest BCUT2D eigenvalue weighted by molar-refractivity contribution is 7.80. The van der Waals surface area contributed by atoms with Crippen molar-refractivity contribution in [1.29, 1.82) is 0 Å². The monoisotopic (exact) mass is 189 g/mol.